The Labute approximate surface area is 174 Å². The number of hydrazone groups is 1. The largest absolute Gasteiger partial charge is 0.370 e. The van der Waals surface area contributed by atoms with Gasteiger partial charge in [-0.25, -0.2) is 8.78 Å². The number of morpholine rings is 1. The Balaban J connectivity index is 1.62. The lowest BCUT2D eigenvalue weighted by Gasteiger charge is -2.27. The van der Waals surface area contributed by atoms with Crippen LogP contribution in [0, 0.1) is 11.6 Å². The summed E-state index contributed by atoms with van der Waals surface area (Å²) in [5.74, 6) is 4.00. The molecule has 0 bridgehead atoms. The molecule has 3 aromatic rings. The molecular formula is C21H17F2N5O3. The molecule has 10 heteroatoms. The number of amides is 1. The van der Waals surface area contributed by atoms with Crippen LogP contribution in [0.1, 0.15) is 5.56 Å². The number of nitrogens with zero attached hydrogens (tertiary/aromatic N) is 3. The van der Waals surface area contributed by atoms with E-state index in [1.807, 2.05) is 0 Å². The highest BCUT2D eigenvalue weighted by Gasteiger charge is 2.22. The van der Waals surface area contributed by atoms with Crippen molar-refractivity contribution in [1.82, 2.24) is 4.98 Å². The SMILES string of the molecule is NN=C(C=Nc1ccc(N2CCOCC2=O)c(F)c1)c1cc2cc(F)ccc2[nH]c1=O. The van der Waals surface area contributed by atoms with E-state index in [0.29, 0.717) is 17.5 Å². The lowest BCUT2D eigenvalue weighted by molar-refractivity contribution is -0.125. The van der Waals surface area contributed by atoms with Crippen LogP contribution in [-0.2, 0) is 9.53 Å². The number of pyridine rings is 1. The molecule has 0 radical (unpaired) electrons. The number of aromatic nitrogens is 1. The van der Waals surface area contributed by atoms with E-state index < -0.39 is 17.2 Å². The third-order valence-corrected chi connectivity index (χ3v) is 4.77. The third-order valence-electron chi connectivity index (χ3n) is 4.77. The van der Waals surface area contributed by atoms with Crippen molar-refractivity contribution >= 4 is 40.1 Å². The second-order valence-corrected chi connectivity index (χ2v) is 6.75. The maximum absolute atomic E-state index is 14.6. The van der Waals surface area contributed by atoms with Gasteiger partial charge in [-0.3, -0.25) is 14.6 Å². The summed E-state index contributed by atoms with van der Waals surface area (Å²) in [6.07, 6.45) is 1.21. The Morgan fingerprint density at radius 3 is 2.74 bits per heavy atom. The van der Waals surface area contributed by atoms with Gasteiger partial charge in [0.2, 0.25) is 0 Å². The van der Waals surface area contributed by atoms with Gasteiger partial charge in [-0.05, 0) is 36.4 Å². The smallest absolute Gasteiger partial charge is 0.258 e. The number of nitrogens with two attached hydrogens (primary N) is 1. The first-order valence-electron chi connectivity index (χ1n) is 9.29. The molecule has 158 valence electrons. The molecule has 0 atom stereocenters. The maximum atomic E-state index is 14.6. The van der Waals surface area contributed by atoms with E-state index in [-0.39, 0.29) is 41.7 Å². The summed E-state index contributed by atoms with van der Waals surface area (Å²) in [5.41, 5.74) is 0.445. The van der Waals surface area contributed by atoms with E-state index in [1.165, 1.54) is 47.5 Å². The Morgan fingerprint density at radius 1 is 1.16 bits per heavy atom. The van der Waals surface area contributed by atoms with Gasteiger partial charge in [0.1, 0.15) is 24.0 Å². The van der Waals surface area contributed by atoms with Crippen molar-refractivity contribution in [2.75, 3.05) is 24.7 Å². The maximum Gasteiger partial charge on any atom is 0.258 e. The molecule has 4 rings (SSSR count). The third kappa shape index (κ3) is 4.19. The van der Waals surface area contributed by atoms with Crippen LogP contribution in [0.2, 0.25) is 0 Å². The van der Waals surface area contributed by atoms with Crippen molar-refractivity contribution in [2.45, 2.75) is 0 Å². The molecule has 0 saturated carbocycles. The van der Waals surface area contributed by atoms with Crippen LogP contribution < -0.4 is 16.3 Å². The predicted octanol–water partition coefficient (Wildman–Crippen LogP) is 2.23. The molecule has 1 amide bonds. The second-order valence-electron chi connectivity index (χ2n) is 6.75. The predicted molar refractivity (Wildman–Crippen MR) is 113 cm³/mol. The Bertz CT molecular complexity index is 1290. The summed E-state index contributed by atoms with van der Waals surface area (Å²) in [4.78, 5) is 32.4. The summed E-state index contributed by atoms with van der Waals surface area (Å²) in [5, 5.41) is 4.03. The first-order valence-corrected chi connectivity index (χ1v) is 9.29. The van der Waals surface area contributed by atoms with Crippen LogP contribution in [0.15, 0.2) is 57.4 Å². The fourth-order valence-electron chi connectivity index (χ4n) is 3.24. The van der Waals surface area contributed by atoms with Gasteiger partial charge in [-0.2, -0.15) is 5.10 Å². The molecule has 2 aromatic carbocycles. The topological polar surface area (TPSA) is 113 Å². The summed E-state index contributed by atoms with van der Waals surface area (Å²) in [6.45, 7) is 0.485. The number of anilines is 1. The Hall–Kier alpha value is -3.92. The number of rotatable bonds is 4. The van der Waals surface area contributed by atoms with Crippen molar-refractivity contribution in [3.63, 3.8) is 0 Å². The molecular weight excluding hydrogens is 408 g/mol. The zero-order valence-electron chi connectivity index (χ0n) is 16.1. The molecule has 1 aliphatic heterocycles. The van der Waals surface area contributed by atoms with E-state index in [9.17, 15) is 18.4 Å². The number of aromatic amines is 1. The van der Waals surface area contributed by atoms with E-state index in [4.69, 9.17) is 10.6 Å². The van der Waals surface area contributed by atoms with Crippen LogP contribution in [0.25, 0.3) is 10.9 Å². The average molecular weight is 425 g/mol. The van der Waals surface area contributed by atoms with Gasteiger partial charge < -0.3 is 20.5 Å². The minimum Gasteiger partial charge on any atom is -0.370 e. The number of ether oxygens (including phenoxy) is 1. The number of halogens is 2. The van der Waals surface area contributed by atoms with Crippen molar-refractivity contribution in [2.24, 2.45) is 15.9 Å². The van der Waals surface area contributed by atoms with Crippen molar-refractivity contribution in [3.05, 3.63) is 70.0 Å². The fourth-order valence-corrected chi connectivity index (χ4v) is 3.24. The molecule has 0 unspecified atom stereocenters. The zero-order chi connectivity index (χ0) is 22.0. The number of benzene rings is 2. The normalized spacial score (nSPS) is 15.2. The standard InChI is InChI=1S/C21H17F2N5O3/c22-13-1-3-17-12(7-13)8-15(21(30)26-17)18(27-24)10-25-14-2-4-19(16(23)9-14)28-5-6-31-11-20(28)29/h1-4,7-10H,5-6,11,24H2,(H,26,30). The molecule has 2 heterocycles. The molecule has 0 aliphatic carbocycles. The van der Waals surface area contributed by atoms with Crippen LogP contribution in [-0.4, -0.2) is 42.6 Å². The highest BCUT2D eigenvalue weighted by atomic mass is 19.1. The number of aliphatic imine (C=N–C) groups is 1. The van der Waals surface area contributed by atoms with E-state index in [1.54, 1.807) is 0 Å². The first kappa shape index (κ1) is 20.4. The number of carbonyl (C=O) groups excluding carboxylic acids is 1. The van der Waals surface area contributed by atoms with Crippen molar-refractivity contribution in [3.8, 4) is 0 Å². The Kier molecular flexibility index (Phi) is 5.54. The molecule has 31 heavy (non-hydrogen) atoms. The molecule has 0 spiro atoms. The average Bonchev–Trinajstić information content (AvgIpc) is 2.75. The molecule has 3 N–H and O–H groups in total. The van der Waals surface area contributed by atoms with Crippen molar-refractivity contribution < 1.29 is 18.3 Å². The zero-order valence-corrected chi connectivity index (χ0v) is 16.1. The summed E-state index contributed by atoms with van der Waals surface area (Å²) in [7, 11) is 0. The molecule has 1 saturated heterocycles. The van der Waals surface area contributed by atoms with Gasteiger partial charge in [0.05, 0.1) is 29.8 Å². The summed E-state index contributed by atoms with van der Waals surface area (Å²) < 4.78 is 33.1. The van der Waals surface area contributed by atoms with Gasteiger partial charge in [0.15, 0.2) is 0 Å². The number of H-pyrrole nitrogens is 1. The minimum atomic E-state index is -0.629. The number of fused-ring (bicyclic) bond motifs is 1. The molecule has 1 aromatic heterocycles. The minimum absolute atomic E-state index is 0.0280. The second kappa shape index (κ2) is 8.44. The monoisotopic (exact) mass is 425 g/mol. The molecule has 1 aliphatic rings. The van der Waals surface area contributed by atoms with Gasteiger partial charge in [0, 0.05) is 23.5 Å². The van der Waals surface area contributed by atoms with E-state index in [0.717, 1.165) is 6.07 Å². The van der Waals surface area contributed by atoms with Crippen molar-refractivity contribution in [1.29, 1.82) is 0 Å². The number of nitrogens with one attached hydrogen (secondary N) is 1. The summed E-state index contributed by atoms with van der Waals surface area (Å²) in [6, 6.07) is 9.52. The van der Waals surface area contributed by atoms with Crippen LogP contribution >= 0.6 is 0 Å². The van der Waals surface area contributed by atoms with E-state index >= 15 is 0 Å². The molecule has 8 nitrogen and oxygen atoms in total. The van der Waals surface area contributed by atoms with E-state index in [2.05, 4.69) is 15.1 Å². The van der Waals surface area contributed by atoms with Crippen LogP contribution in [0.5, 0.6) is 0 Å². The summed E-state index contributed by atoms with van der Waals surface area (Å²) >= 11 is 0. The Morgan fingerprint density at radius 2 is 2.00 bits per heavy atom. The van der Waals surface area contributed by atoms with Gasteiger partial charge in [0.25, 0.3) is 11.5 Å². The van der Waals surface area contributed by atoms with Gasteiger partial charge in [-0.15, -0.1) is 0 Å². The number of hydrogen-bond acceptors (Lipinski definition) is 6. The highest BCUT2D eigenvalue weighted by Crippen LogP contribution is 2.25. The first-order chi connectivity index (χ1) is 15.0. The molecule has 1 fully saturated rings. The van der Waals surface area contributed by atoms with Gasteiger partial charge in [-0.1, -0.05) is 0 Å². The van der Waals surface area contributed by atoms with Crippen LogP contribution in [0.4, 0.5) is 20.2 Å². The van der Waals surface area contributed by atoms with Crippen LogP contribution in [0.3, 0.4) is 0 Å². The lowest BCUT2D eigenvalue weighted by Crippen LogP contribution is -2.42. The van der Waals surface area contributed by atoms with Gasteiger partial charge >= 0.3 is 0 Å². The quantitative estimate of drug-likeness (QED) is 0.379. The number of carbonyl (C=O) groups is 1. The highest BCUT2D eigenvalue weighted by molar-refractivity contribution is 6.38. The number of hydrogen-bond donors (Lipinski definition) is 2. The lowest BCUT2D eigenvalue weighted by atomic mass is 10.1. The fraction of sp³-hybridized carbons (Fsp3) is 0.143.